The van der Waals surface area contributed by atoms with Crippen LogP contribution in [0.25, 0.3) is 0 Å². The van der Waals surface area contributed by atoms with Crippen LogP contribution >= 0.6 is 24.0 Å². The first-order valence-corrected chi connectivity index (χ1v) is 4.31. The molecule has 4 heteroatoms. The maximum Gasteiger partial charge on any atom is 0.141 e. The predicted octanol–water partition coefficient (Wildman–Crippen LogP) is 2.02. The van der Waals surface area contributed by atoms with Crippen LogP contribution in [0, 0.1) is 0 Å². The fraction of sp³-hybridized carbons (Fsp3) is 0.333. The average molecular weight is 220 g/mol. The molecule has 1 atom stereocenters. The van der Waals surface area contributed by atoms with Gasteiger partial charge in [-0.2, -0.15) is 0 Å². The molecule has 2 N–H and O–H groups in total. The molecule has 1 aromatic carbocycles. The molecule has 0 saturated heterocycles. The third kappa shape index (κ3) is 2.08. The molecule has 2 rings (SSSR count). The second-order valence-electron chi connectivity index (χ2n) is 3.00. The Labute approximate surface area is 88.4 Å². The summed E-state index contributed by atoms with van der Waals surface area (Å²) < 4.78 is 5.41. The number of benzene rings is 1. The minimum absolute atomic E-state index is 0. The molecular formula is C9H11Cl2NO. The second-order valence-corrected chi connectivity index (χ2v) is 3.41. The van der Waals surface area contributed by atoms with Gasteiger partial charge in [0.25, 0.3) is 0 Å². The van der Waals surface area contributed by atoms with Crippen LogP contribution in [-0.2, 0) is 6.42 Å². The summed E-state index contributed by atoms with van der Waals surface area (Å²) in [5, 5.41) is 0.680. The number of rotatable bonds is 0. The number of halogens is 2. The first kappa shape index (κ1) is 10.6. The lowest BCUT2D eigenvalue weighted by Gasteiger charge is -2.22. The summed E-state index contributed by atoms with van der Waals surface area (Å²) in [6, 6.07) is 5.86. The Morgan fingerprint density at radius 2 is 2.23 bits per heavy atom. The van der Waals surface area contributed by atoms with Gasteiger partial charge in [-0.15, -0.1) is 12.4 Å². The molecule has 0 fully saturated rings. The number of para-hydroxylation sites is 1. The van der Waals surface area contributed by atoms with E-state index in [9.17, 15) is 0 Å². The SMILES string of the molecule is Cl.NC1COc2c(Cl)cccc2C1. The molecule has 2 nitrogen and oxygen atoms in total. The first-order chi connectivity index (χ1) is 5.77. The molecular weight excluding hydrogens is 209 g/mol. The zero-order valence-electron chi connectivity index (χ0n) is 7.00. The van der Waals surface area contributed by atoms with Gasteiger partial charge >= 0.3 is 0 Å². The van der Waals surface area contributed by atoms with Crippen LogP contribution < -0.4 is 10.5 Å². The molecule has 1 unspecified atom stereocenters. The Kier molecular flexibility index (Phi) is 3.42. The summed E-state index contributed by atoms with van der Waals surface area (Å²) in [5.41, 5.74) is 6.84. The molecule has 1 aliphatic rings. The fourth-order valence-corrected chi connectivity index (χ4v) is 1.66. The topological polar surface area (TPSA) is 35.2 Å². The summed E-state index contributed by atoms with van der Waals surface area (Å²) in [7, 11) is 0. The molecule has 0 saturated carbocycles. The Bertz CT molecular complexity index is 304. The van der Waals surface area contributed by atoms with Crippen LogP contribution in [0.3, 0.4) is 0 Å². The molecule has 72 valence electrons. The number of hydrogen-bond acceptors (Lipinski definition) is 2. The highest BCUT2D eigenvalue weighted by Crippen LogP contribution is 2.31. The van der Waals surface area contributed by atoms with Gasteiger partial charge in [0.15, 0.2) is 0 Å². The molecule has 0 spiro atoms. The third-order valence-electron chi connectivity index (χ3n) is 1.97. The van der Waals surface area contributed by atoms with Gasteiger partial charge in [0, 0.05) is 6.04 Å². The highest BCUT2D eigenvalue weighted by molar-refractivity contribution is 6.32. The lowest BCUT2D eigenvalue weighted by atomic mass is 10.0. The zero-order valence-corrected chi connectivity index (χ0v) is 8.57. The van der Waals surface area contributed by atoms with Gasteiger partial charge in [0.05, 0.1) is 5.02 Å². The van der Waals surface area contributed by atoms with Crippen LogP contribution in [-0.4, -0.2) is 12.6 Å². The van der Waals surface area contributed by atoms with Gasteiger partial charge < -0.3 is 10.5 Å². The molecule has 0 bridgehead atoms. The lowest BCUT2D eigenvalue weighted by molar-refractivity contribution is 0.264. The van der Waals surface area contributed by atoms with Crippen LogP contribution in [0.5, 0.6) is 5.75 Å². The van der Waals surface area contributed by atoms with Gasteiger partial charge in [-0.25, -0.2) is 0 Å². The molecule has 13 heavy (non-hydrogen) atoms. The molecule has 0 aliphatic carbocycles. The molecule has 0 amide bonds. The van der Waals surface area contributed by atoms with E-state index in [1.54, 1.807) is 0 Å². The minimum Gasteiger partial charge on any atom is -0.490 e. The van der Waals surface area contributed by atoms with Crippen LogP contribution in [0.15, 0.2) is 18.2 Å². The lowest BCUT2D eigenvalue weighted by Crippen LogP contribution is -2.33. The van der Waals surface area contributed by atoms with Crippen molar-refractivity contribution in [3.8, 4) is 5.75 Å². The van der Waals surface area contributed by atoms with Crippen LogP contribution in [0.1, 0.15) is 5.56 Å². The van der Waals surface area contributed by atoms with Crippen molar-refractivity contribution in [2.24, 2.45) is 5.73 Å². The van der Waals surface area contributed by atoms with E-state index in [2.05, 4.69) is 0 Å². The van der Waals surface area contributed by atoms with Crippen molar-refractivity contribution in [3.05, 3.63) is 28.8 Å². The van der Waals surface area contributed by atoms with E-state index in [1.165, 1.54) is 0 Å². The highest BCUT2D eigenvalue weighted by atomic mass is 35.5. The maximum absolute atomic E-state index is 5.92. The van der Waals surface area contributed by atoms with E-state index in [0.29, 0.717) is 11.6 Å². The molecule has 1 aliphatic heterocycles. The largest absolute Gasteiger partial charge is 0.490 e. The van der Waals surface area contributed by atoms with Gasteiger partial charge in [-0.3, -0.25) is 0 Å². The van der Waals surface area contributed by atoms with E-state index < -0.39 is 0 Å². The van der Waals surface area contributed by atoms with E-state index in [1.807, 2.05) is 18.2 Å². The van der Waals surface area contributed by atoms with Crippen LogP contribution in [0.2, 0.25) is 5.02 Å². The standard InChI is InChI=1S/C9H10ClNO.ClH/c10-8-3-1-2-6-4-7(11)5-12-9(6)8;/h1-3,7H,4-5,11H2;1H. The molecule has 0 radical (unpaired) electrons. The Morgan fingerprint density at radius 1 is 1.46 bits per heavy atom. The van der Waals surface area contributed by atoms with Crippen molar-refractivity contribution in [3.63, 3.8) is 0 Å². The molecule has 1 aromatic rings. The number of fused-ring (bicyclic) bond motifs is 1. The second kappa shape index (κ2) is 4.18. The van der Waals surface area contributed by atoms with E-state index in [0.717, 1.165) is 17.7 Å². The summed E-state index contributed by atoms with van der Waals surface area (Å²) in [6.07, 6.45) is 0.857. The Morgan fingerprint density at radius 3 is 3.00 bits per heavy atom. The monoisotopic (exact) mass is 219 g/mol. The van der Waals surface area contributed by atoms with Crippen molar-refractivity contribution in [2.45, 2.75) is 12.5 Å². The van der Waals surface area contributed by atoms with E-state index in [4.69, 9.17) is 22.1 Å². The smallest absolute Gasteiger partial charge is 0.141 e. The Balaban J connectivity index is 0.000000845. The molecule has 0 aromatic heterocycles. The number of ether oxygens (including phenoxy) is 1. The van der Waals surface area contributed by atoms with E-state index >= 15 is 0 Å². The van der Waals surface area contributed by atoms with E-state index in [-0.39, 0.29) is 18.4 Å². The Hall–Kier alpha value is -0.440. The van der Waals surface area contributed by atoms with Crippen molar-refractivity contribution in [1.82, 2.24) is 0 Å². The van der Waals surface area contributed by atoms with Crippen molar-refractivity contribution >= 4 is 24.0 Å². The van der Waals surface area contributed by atoms with Gasteiger partial charge in [-0.05, 0) is 18.1 Å². The summed E-state index contributed by atoms with van der Waals surface area (Å²) in [6.45, 7) is 0.566. The normalized spacial score (nSPS) is 19.7. The number of nitrogens with two attached hydrogens (primary N) is 1. The average Bonchev–Trinajstić information content (AvgIpc) is 2.04. The van der Waals surface area contributed by atoms with Crippen molar-refractivity contribution < 1.29 is 4.74 Å². The number of hydrogen-bond donors (Lipinski definition) is 1. The van der Waals surface area contributed by atoms with Crippen LogP contribution in [0.4, 0.5) is 0 Å². The maximum atomic E-state index is 5.92. The summed E-state index contributed by atoms with van der Waals surface area (Å²) in [4.78, 5) is 0. The summed E-state index contributed by atoms with van der Waals surface area (Å²) >= 11 is 5.92. The van der Waals surface area contributed by atoms with Gasteiger partial charge in [0.2, 0.25) is 0 Å². The van der Waals surface area contributed by atoms with Gasteiger partial charge in [0.1, 0.15) is 12.4 Å². The third-order valence-corrected chi connectivity index (χ3v) is 2.27. The fourth-order valence-electron chi connectivity index (χ4n) is 1.41. The van der Waals surface area contributed by atoms with Gasteiger partial charge in [-0.1, -0.05) is 23.7 Å². The minimum atomic E-state index is 0. The zero-order chi connectivity index (χ0) is 8.55. The first-order valence-electron chi connectivity index (χ1n) is 3.93. The van der Waals surface area contributed by atoms with Crippen molar-refractivity contribution in [1.29, 1.82) is 0 Å². The predicted molar refractivity (Wildman–Crippen MR) is 55.9 cm³/mol. The van der Waals surface area contributed by atoms with Crippen molar-refractivity contribution in [2.75, 3.05) is 6.61 Å². The summed E-state index contributed by atoms with van der Waals surface area (Å²) in [5.74, 6) is 0.806. The molecule has 1 heterocycles. The quantitative estimate of drug-likeness (QED) is 0.725. The highest BCUT2D eigenvalue weighted by Gasteiger charge is 2.17.